The number of ether oxygens (including phenoxy) is 2. The molecule has 0 unspecified atom stereocenters. The number of aromatic nitrogens is 1. The highest BCUT2D eigenvalue weighted by Gasteiger charge is 2.03. The van der Waals surface area contributed by atoms with Crippen LogP contribution in [0.15, 0.2) is 12.1 Å². The van der Waals surface area contributed by atoms with Crippen molar-refractivity contribution in [2.24, 2.45) is 0 Å². The lowest BCUT2D eigenvalue weighted by atomic mass is 10.2. The fourth-order valence-electron chi connectivity index (χ4n) is 1.70. The summed E-state index contributed by atoms with van der Waals surface area (Å²) in [7, 11) is 0. The van der Waals surface area contributed by atoms with Gasteiger partial charge in [0.1, 0.15) is 6.61 Å². The predicted octanol–water partition coefficient (Wildman–Crippen LogP) is 3.08. The maximum atomic E-state index is 5.59. The number of hydrogen-bond donors (Lipinski definition) is 1. The third-order valence-electron chi connectivity index (χ3n) is 2.99. The van der Waals surface area contributed by atoms with Crippen LogP contribution in [0, 0.1) is 6.92 Å². The van der Waals surface area contributed by atoms with Gasteiger partial charge in [0.2, 0.25) is 5.88 Å². The molecule has 1 N–H and O–H groups in total. The van der Waals surface area contributed by atoms with Crippen LogP contribution >= 0.6 is 0 Å². The Labute approximate surface area is 122 Å². The molecule has 1 heterocycles. The minimum Gasteiger partial charge on any atom is -0.475 e. The first-order valence-electron chi connectivity index (χ1n) is 7.54. The third kappa shape index (κ3) is 6.87. The van der Waals surface area contributed by atoms with E-state index in [1.54, 1.807) is 0 Å². The van der Waals surface area contributed by atoms with E-state index in [0.29, 0.717) is 25.1 Å². The molecule has 0 atom stereocenters. The lowest BCUT2D eigenvalue weighted by Crippen LogP contribution is -2.22. The highest BCUT2D eigenvalue weighted by atomic mass is 16.5. The molecule has 4 nitrogen and oxygen atoms in total. The topological polar surface area (TPSA) is 43.4 Å². The average molecular weight is 280 g/mol. The smallest absolute Gasteiger partial charge is 0.213 e. The molecular weight excluding hydrogens is 252 g/mol. The van der Waals surface area contributed by atoms with Crippen LogP contribution in [0.5, 0.6) is 5.88 Å². The minimum atomic E-state index is 0.477. The van der Waals surface area contributed by atoms with E-state index in [0.717, 1.165) is 31.7 Å². The minimum absolute atomic E-state index is 0.477. The molecule has 0 fully saturated rings. The normalized spacial score (nSPS) is 11.1. The summed E-state index contributed by atoms with van der Waals surface area (Å²) < 4.78 is 11.0. The number of pyridine rings is 1. The monoisotopic (exact) mass is 280 g/mol. The zero-order valence-corrected chi connectivity index (χ0v) is 13.2. The Bertz CT molecular complexity index is 381. The fourth-order valence-corrected chi connectivity index (χ4v) is 1.70. The summed E-state index contributed by atoms with van der Waals surface area (Å²) in [6.07, 6.45) is 2.27. The molecule has 0 amide bonds. The Kier molecular flexibility index (Phi) is 8.23. The summed E-state index contributed by atoms with van der Waals surface area (Å²) in [5.41, 5.74) is 2.23. The van der Waals surface area contributed by atoms with E-state index in [1.165, 1.54) is 5.56 Å². The standard InChI is InChI=1S/C16H28N2O2/c1-5-6-9-19-10-11-20-16-8-7-15(14(4)18-16)12-17-13(2)3/h7-8,13,17H,5-6,9-12H2,1-4H3. The maximum absolute atomic E-state index is 5.59. The van der Waals surface area contributed by atoms with Crippen molar-refractivity contribution in [3.63, 3.8) is 0 Å². The third-order valence-corrected chi connectivity index (χ3v) is 2.99. The van der Waals surface area contributed by atoms with Gasteiger partial charge in [-0.3, -0.25) is 0 Å². The van der Waals surface area contributed by atoms with Gasteiger partial charge in [0.25, 0.3) is 0 Å². The Balaban J connectivity index is 2.31. The SMILES string of the molecule is CCCCOCCOc1ccc(CNC(C)C)c(C)n1. The molecule has 1 aromatic heterocycles. The van der Waals surface area contributed by atoms with E-state index < -0.39 is 0 Å². The Morgan fingerprint density at radius 3 is 2.65 bits per heavy atom. The van der Waals surface area contributed by atoms with Gasteiger partial charge in [0, 0.05) is 31.0 Å². The number of hydrogen-bond acceptors (Lipinski definition) is 4. The largest absolute Gasteiger partial charge is 0.475 e. The second-order valence-corrected chi connectivity index (χ2v) is 5.24. The molecule has 4 heteroatoms. The van der Waals surface area contributed by atoms with Crippen LogP contribution in [0.3, 0.4) is 0 Å². The van der Waals surface area contributed by atoms with E-state index in [1.807, 2.05) is 13.0 Å². The summed E-state index contributed by atoms with van der Waals surface area (Å²) in [6.45, 7) is 11.3. The van der Waals surface area contributed by atoms with Gasteiger partial charge in [0.15, 0.2) is 0 Å². The highest BCUT2D eigenvalue weighted by Crippen LogP contribution is 2.12. The molecular formula is C16H28N2O2. The van der Waals surface area contributed by atoms with E-state index in [2.05, 4.69) is 37.1 Å². The van der Waals surface area contributed by atoms with Crippen LogP contribution in [-0.4, -0.2) is 30.8 Å². The Morgan fingerprint density at radius 1 is 1.20 bits per heavy atom. The second-order valence-electron chi connectivity index (χ2n) is 5.24. The van der Waals surface area contributed by atoms with Crippen LogP contribution in [0.2, 0.25) is 0 Å². The van der Waals surface area contributed by atoms with Gasteiger partial charge in [-0.15, -0.1) is 0 Å². The van der Waals surface area contributed by atoms with Crippen molar-refractivity contribution in [2.75, 3.05) is 19.8 Å². The summed E-state index contributed by atoms with van der Waals surface area (Å²) in [5.74, 6) is 0.676. The zero-order chi connectivity index (χ0) is 14.8. The van der Waals surface area contributed by atoms with Gasteiger partial charge in [-0.2, -0.15) is 0 Å². The Hall–Kier alpha value is -1.13. The molecule has 1 aromatic rings. The van der Waals surface area contributed by atoms with Crippen molar-refractivity contribution < 1.29 is 9.47 Å². The van der Waals surface area contributed by atoms with E-state index in [4.69, 9.17) is 9.47 Å². The first kappa shape index (κ1) is 16.9. The quantitative estimate of drug-likeness (QED) is 0.669. The van der Waals surface area contributed by atoms with Crippen molar-refractivity contribution in [2.45, 2.75) is 53.1 Å². The maximum Gasteiger partial charge on any atom is 0.213 e. The van der Waals surface area contributed by atoms with Crippen molar-refractivity contribution in [1.29, 1.82) is 0 Å². The van der Waals surface area contributed by atoms with Crippen LogP contribution in [0.1, 0.15) is 44.9 Å². The van der Waals surface area contributed by atoms with Gasteiger partial charge in [0.05, 0.1) is 6.61 Å². The molecule has 0 spiro atoms. The molecule has 1 rings (SSSR count). The van der Waals surface area contributed by atoms with Crippen LogP contribution in [0.4, 0.5) is 0 Å². The number of nitrogens with one attached hydrogen (secondary N) is 1. The molecule has 0 aliphatic carbocycles. The molecule has 0 saturated heterocycles. The number of nitrogens with zero attached hydrogens (tertiary/aromatic N) is 1. The fraction of sp³-hybridized carbons (Fsp3) is 0.688. The highest BCUT2D eigenvalue weighted by molar-refractivity contribution is 5.24. The van der Waals surface area contributed by atoms with Gasteiger partial charge >= 0.3 is 0 Å². The summed E-state index contributed by atoms with van der Waals surface area (Å²) in [6, 6.07) is 4.48. The lowest BCUT2D eigenvalue weighted by molar-refractivity contribution is 0.0964. The lowest BCUT2D eigenvalue weighted by Gasteiger charge is -2.12. The van der Waals surface area contributed by atoms with Crippen LogP contribution < -0.4 is 10.1 Å². The second kappa shape index (κ2) is 9.72. The Morgan fingerprint density at radius 2 is 2.00 bits per heavy atom. The summed E-state index contributed by atoms with van der Waals surface area (Å²) in [4.78, 5) is 4.47. The van der Waals surface area contributed by atoms with Crippen LogP contribution in [-0.2, 0) is 11.3 Å². The van der Waals surface area contributed by atoms with Gasteiger partial charge in [-0.1, -0.05) is 33.3 Å². The number of aryl methyl sites for hydroxylation is 1. The molecule has 0 aromatic carbocycles. The van der Waals surface area contributed by atoms with Gasteiger partial charge < -0.3 is 14.8 Å². The average Bonchev–Trinajstić information content (AvgIpc) is 2.41. The van der Waals surface area contributed by atoms with Crippen LogP contribution in [0.25, 0.3) is 0 Å². The molecule has 0 bridgehead atoms. The van der Waals surface area contributed by atoms with E-state index >= 15 is 0 Å². The first-order chi connectivity index (χ1) is 9.63. The first-order valence-corrected chi connectivity index (χ1v) is 7.54. The van der Waals surface area contributed by atoms with Gasteiger partial charge in [-0.25, -0.2) is 4.98 Å². The molecule has 114 valence electrons. The van der Waals surface area contributed by atoms with E-state index in [-0.39, 0.29) is 0 Å². The van der Waals surface area contributed by atoms with Crippen molar-refractivity contribution in [1.82, 2.24) is 10.3 Å². The number of rotatable bonds is 10. The predicted molar refractivity (Wildman–Crippen MR) is 82.2 cm³/mol. The molecule has 0 aliphatic heterocycles. The molecule has 20 heavy (non-hydrogen) atoms. The van der Waals surface area contributed by atoms with Gasteiger partial charge in [-0.05, 0) is 18.9 Å². The number of unbranched alkanes of at least 4 members (excludes halogenated alkanes) is 1. The van der Waals surface area contributed by atoms with Crippen molar-refractivity contribution in [3.05, 3.63) is 23.4 Å². The van der Waals surface area contributed by atoms with E-state index in [9.17, 15) is 0 Å². The summed E-state index contributed by atoms with van der Waals surface area (Å²) in [5, 5.41) is 3.39. The van der Waals surface area contributed by atoms with Crippen molar-refractivity contribution >= 4 is 0 Å². The van der Waals surface area contributed by atoms with Crippen molar-refractivity contribution in [3.8, 4) is 5.88 Å². The summed E-state index contributed by atoms with van der Waals surface area (Å²) >= 11 is 0. The molecule has 0 saturated carbocycles. The zero-order valence-electron chi connectivity index (χ0n) is 13.2. The molecule has 0 radical (unpaired) electrons. The molecule has 0 aliphatic rings.